The molecule has 0 fully saturated rings. The summed E-state index contributed by atoms with van der Waals surface area (Å²) in [7, 11) is 0. The summed E-state index contributed by atoms with van der Waals surface area (Å²) in [5.41, 5.74) is 11.6. The number of hydrogen-bond donors (Lipinski definition) is 4. The number of phenols is 4. The van der Waals surface area contributed by atoms with Gasteiger partial charge >= 0.3 is 11.9 Å². The van der Waals surface area contributed by atoms with Crippen LogP contribution in [0.2, 0.25) is 0 Å². The molecule has 8 nitrogen and oxygen atoms in total. The third-order valence-electron chi connectivity index (χ3n) is 18.7. The van der Waals surface area contributed by atoms with Crippen LogP contribution in [0.5, 0.6) is 23.0 Å². The molecule has 0 bridgehead atoms. The molecule has 0 aromatic heterocycles. The first-order chi connectivity index (χ1) is 42.4. The topological polar surface area (TPSA) is 134 Å². The normalized spacial score (nSPS) is 12.5. The Morgan fingerprint density at radius 3 is 0.856 bits per heavy atom. The van der Waals surface area contributed by atoms with Crippen molar-refractivity contribution in [3.63, 3.8) is 0 Å². The molecule has 8 aromatic rings. The lowest BCUT2D eigenvalue weighted by atomic mass is 9.73. The van der Waals surface area contributed by atoms with Gasteiger partial charge in [-0.2, -0.15) is 0 Å². The zero-order valence-corrected chi connectivity index (χ0v) is 56.1. The maximum absolute atomic E-state index is 13.4. The van der Waals surface area contributed by atoms with Gasteiger partial charge in [0.1, 0.15) is 23.0 Å². The summed E-state index contributed by atoms with van der Waals surface area (Å²) >= 11 is 0. The number of aryl methyl sites for hydroxylation is 2. The highest BCUT2D eigenvalue weighted by Crippen LogP contribution is 2.48. The van der Waals surface area contributed by atoms with Gasteiger partial charge in [0.15, 0.2) is 0 Å². The fraction of sp³-hybridized carbons (Fsp3) is 0.390. The Morgan fingerprint density at radius 1 is 0.322 bits per heavy atom. The average molecular weight is 1210 g/mol. The molecule has 4 N–H and O–H groups in total. The lowest BCUT2D eigenvalue weighted by molar-refractivity contribution is -0.145. The second kappa shape index (κ2) is 28.0. The molecular formula is C82H98O8. The van der Waals surface area contributed by atoms with Crippen LogP contribution in [0.1, 0.15) is 224 Å². The lowest BCUT2D eigenvalue weighted by Crippen LogP contribution is -2.22. The lowest BCUT2D eigenvalue weighted by Gasteiger charge is -2.32. The Kier molecular flexibility index (Phi) is 21.1. The fourth-order valence-electron chi connectivity index (χ4n) is 12.8. The molecule has 0 amide bonds. The smallest absolute Gasteiger partial charge is 0.306 e. The number of carbonyl (C=O) groups is 2. The highest BCUT2D eigenvalue weighted by atomic mass is 16.5. The van der Waals surface area contributed by atoms with Gasteiger partial charge in [-0.05, 0) is 116 Å². The van der Waals surface area contributed by atoms with Crippen LogP contribution in [0.25, 0.3) is 0 Å². The second-order valence-corrected chi connectivity index (χ2v) is 29.1. The maximum atomic E-state index is 13.4. The van der Waals surface area contributed by atoms with E-state index in [-0.39, 0.29) is 58.6 Å². The first kappa shape index (κ1) is 67.8. The summed E-state index contributed by atoms with van der Waals surface area (Å²) in [6.45, 7) is 30.2. The highest BCUT2D eigenvalue weighted by Gasteiger charge is 2.35. The van der Waals surface area contributed by atoms with Crippen LogP contribution in [0.4, 0.5) is 0 Å². The van der Waals surface area contributed by atoms with Crippen molar-refractivity contribution in [2.45, 2.75) is 194 Å². The zero-order valence-electron chi connectivity index (χ0n) is 56.1. The molecule has 8 aromatic carbocycles. The first-order valence-corrected chi connectivity index (χ1v) is 32.4. The van der Waals surface area contributed by atoms with Gasteiger partial charge in [0.25, 0.3) is 0 Å². The molecule has 0 saturated carbocycles. The summed E-state index contributed by atoms with van der Waals surface area (Å²) in [6, 6.07) is 57.2. The van der Waals surface area contributed by atoms with Crippen molar-refractivity contribution in [3.05, 3.63) is 259 Å². The summed E-state index contributed by atoms with van der Waals surface area (Å²) < 4.78 is 11.6. The minimum Gasteiger partial charge on any atom is -0.507 e. The summed E-state index contributed by atoms with van der Waals surface area (Å²) in [5.74, 6) is 0.437. The Labute approximate surface area is 537 Å². The Balaban J connectivity index is 0.881. The Bertz CT molecular complexity index is 3500. The molecule has 0 atom stereocenters. The van der Waals surface area contributed by atoms with Crippen molar-refractivity contribution in [2.24, 2.45) is 0 Å². The molecule has 0 aliphatic heterocycles. The van der Waals surface area contributed by atoms with Gasteiger partial charge in [-0.25, -0.2) is 0 Å². The highest BCUT2D eigenvalue weighted by molar-refractivity contribution is 5.70. The molecule has 0 saturated heterocycles. The van der Waals surface area contributed by atoms with Crippen LogP contribution in [0.15, 0.2) is 170 Å². The number of phenolic OH excluding ortho intramolecular Hbond substituents is 4. The van der Waals surface area contributed by atoms with E-state index in [0.29, 0.717) is 51.7 Å². The van der Waals surface area contributed by atoms with Gasteiger partial charge in [-0.15, -0.1) is 0 Å². The van der Waals surface area contributed by atoms with E-state index >= 15 is 0 Å². The minimum absolute atomic E-state index is 0.178. The third-order valence-corrected chi connectivity index (χ3v) is 18.7. The van der Waals surface area contributed by atoms with Gasteiger partial charge in [0, 0.05) is 69.6 Å². The molecule has 8 rings (SSSR count). The van der Waals surface area contributed by atoms with Gasteiger partial charge in [-0.1, -0.05) is 267 Å². The number of carbonyl (C=O) groups excluding carboxylic acids is 2. The molecule has 0 aliphatic rings. The number of hydrogen-bond acceptors (Lipinski definition) is 8. The Hall–Kier alpha value is -8.10. The molecule has 0 spiro atoms. The predicted octanol–water partition coefficient (Wildman–Crippen LogP) is 18.8. The van der Waals surface area contributed by atoms with E-state index in [9.17, 15) is 30.0 Å². The molecular weight excluding hydrogens is 1110 g/mol. The quantitative estimate of drug-likeness (QED) is 0.0328. The average Bonchev–Trinajstić information content (AvgIpc) is 0.803. The maximum Gasteiger partial charge on any atom is 0.306 e. The van der Waals surface area contributed by atoms with E-state index in [2.05, 4.69) is 170 Å². The number of ether oxygens (including phenoxy) is 2. The van der Waals surface area contributed by atoms with Crippen LogP contribution in [-0.4, -0.2) is 45.6 Å². The van der Waals surface area contributed by atoms with Crippen molar-refractivity contribution >= 4 is 11.9 Å². The first-order valence-electron chi connectivity index (χ1n) is 32.4. The van der Waals surface area contributed by atoms with E-state index in [1.54, 1.807) is 0 Å². The number of rotatable bonds is 25. The summed E-state index contributed by atoms with van der Waals surface area (Å²) in [5, 5.41) is 48.4. The third kappa shape index (κ3) is 15.9. The standard InChI is InChI=1S/C82H98O8/c1-77(2,3)65-51-57(53-69(75(65)87)81(11,12)63-35-25-19-26-36-63)47-59-45-55(49-67(73(59)85)79(7,8)61-31-21-17-22-32-61)39-41-71(83)89-43-29-15-16-30-44-90-72(84)42-40-56-46-60(74(86)68(50-56)80(9,10)62-33-23-18-24-34-62)48-58-52-66(78(4,5)6)76(88)70(54-58)82(13,14)64-37-27-20-28-38-64/h17-28,31-38,45-46,49-54,85-88H,15-16,29-30,39-44,47-48H2,1-14H3. The molecule has 0 radical (unpaired) electrons. The van der Waals surface area contributed by atoms with E-state index in [1.165, 1.54) is 0 Å². The Morgan fingerprint density at radius 2 is 0.578 bits per heavy atom. The summed E-state index contributed by atoms with van der Waals surface area (Å²) in [6.07, 6.45) is 5.02. The van der Waals surface area contributed by atoms with E-state index < -0.39 is 21.7 Å². The van der Waals surface area contributed by atoms with Gasteiger partial charge in [0.2, 0.25) is 0 Å². The van der Waals surface area contributed by atoms with Crippen LogP contribution < -0.4 is 0 Å². The number of benzene rings is 8. The van der Waals surface area contributed by atoms with Gasteiger partial charge in [0.05, 0.1) is 13.2 Å². The van der Waals surface area contributed by atoms with Gasteiger partial charge < -0.3 is 29.9 Å². The largest absolute Gasteiger partial charge is 0.507 e. The van der Waals surface area contributed by atoms with E-state index in [0.717, 1.165) is 102 Å². The summed E-state index contributed by atoms with van der Waals surface area (Å²) in [4.78, 5) is 26.7. The van der Waals surface area contributed by atoms with Crippen molar-refractivity contribution in [2.75, 3.05) is 13.2 Å². The monoisotopic (exact) mass is 1210 g/mol. The predicted molar refractivity (Wildman–Crippen MR) is 367 cm³/mol. The van der Waals surface area contributed by atoms with Crippen molar-refractivity contribution in [3.8, 4) is 23.0 Å². The van der Waals surface area contributed by atoms with Crippen LogP contribution in [0, 0.1) is 0 Å². The molecule has 474 valence electrons. The van der Waals surface area contributed by atoms with E-state index in [4.69, 9.17) is 9.47 Å². The van der Waals surface area contributed by atoms with Crippen molar-refractivity contribution in [1.82, 2.24) is 0 Å². The second-order valence-electron chi connectivity index (χ2n) is 29.1. The fourth-order valence-corrected chi connectivity index (χ4v) is 12.8. The van der Waals surface area contributed by atoms with Crippen LogP contribution in [-0.2, 0) is 77.2 Å². The number of aromatic hydroxyl groups is 4. The minimum atomic E-state index is -0.564. The van der Waals surface area contributed by atoms with E-state index in [1.807, 2.05) is 97.1 Å². The van der Waals surface area contributed by atoms with Gasteiger partial charge in [-0.3, -0.25) is 9.59 Å². The molecule has 0 heterocycles. The molecule has 90 heavy (non-hydrogen) atoms. The van der Waals surface area contributed by atoms with Crippen molar-refractivity contribution in [1.29, 1.82) is 0 Å². The molecule has 0 aliphatic carbocycles. The number of esters is 2. The SMILES string of the molecule is CC(C)(C)c1cc(Cc2cc(CCC(=O)OCCCCCCOC(=O)CCc3cc(Cc4cc(C(C)(C)C)c(O)c(C(C)(C)c5ccccc5)c4)c(O)c(C(C)(C)c4ccccc4)c3)cc(C(C)(C)c3ccccc3)c2O)cc(C(C)(C)c2ccccc2)c1O. The van der Waals surface area contributed by atoms with Crippen LogP contribution in [0.3, 0.4) is 0 Å². The van der Waals surface area contributed by atoms with Crippen LogP contribution >= 0.6 is 0 Å². The number of unbranched alkanes of at least 4 members (excludes halogenated alkanes) is 3. The zero-order chi connectivity index (χ0) is 65.4. The van der Waals surface area contributed by atoms with Crippen molar-refractivity contribution < 1.29 is 39.5 Å². The molecule has 8 heteroatoms. The molecule has 0 unspecified atom stereocenters.